The second-order valence-corrected chi connectivity index (χ2v) is 6.89. The third-order valence-corrected chi connectivity index (χ3v) is 5.17. The number of halogens is 1. The van der Waals surface area contributed by atoms with E-state index in [1.165, 1.54) is 4.68 Å². The number of carbonyl (C=O) groups excluding carboxylic acids is 1. The van der Waals surface area contributed by atoms with Crippen LogP contribution in [0.25, 0.3) is 10.8 Å². The van der Waals surface area contributed by atoms with E-state index in [2.05, 4.69) is 28.0 Å². The van der Waals surface area contributed by atoms with Crippen LogP contribution in [0.3, 0.4) is 0 Å². The van der Waals surface area contributed by atoms with Crippen LogP contribution in [0.15, 0.2) is 40.9 Å². The Kier molecular flexibility index (Phi) is 5.23. The summed E-state index contributed by atoms with van der Waals surface area (Å²) in [7, 11) is 0. The molecule has 0 aliphatic rings. The molecule has 1 aromatic heterocycles. The van der Waals surface area contributed by atoms with Crippen molar-refractivity contribution in [3.05, 3.63) is 57.8 Å². The Labute approximate surface area is 155 Å². The number of carbonyl (C=O) groups is 1. The Morgan fingerprint density at radius 1 is 1.20 bits per heavy atom. The monoisotopic (exact) mass is 400 g/mol. The lowest BCUT2D eigenvalue weighted by molar-refractivity contribution is 0.0817. The lowest BCUT2D eigenvalue weighted by atomic mass is 10.1. The number of aromatic nitrogens is 2. The summed E-state index contributed by atoms with van der Waals surface area (Å²) in [6.45, 7) is 5.96. The maximum Gasteiger partial charge on any atom is 0.284 e. The van der Waals surface area contributed by atoms with Crippen molar-refractivity contribution in [1.29, 1.82) is 0 Å². The van der Waals surface area contributed by atoms with Crippen molar-refractivity contribution in [3.8, 4) is 5.75 Å². The molecule has 0 bridgehead atoms. The zero-order valence-corrected chi connectivity index (χ0v) is 16.3. The molecule has 2 aromatic carbocycles. The van der Waals surface area contributed by atoms with E-state index in [0.717, 1.165) is 45.0 Å². The summed E-state index contributed by atoms with van der Waals surface area (Å²) in [6.07, 6.45) is 1.96. The molecule has 3 rings (SSSR count). The number of fused-ring (bicyclic) bond motifs is 1. The number of aryl methyl sites for hydroxylation is 1. The zero-order chi connectivity index (χ0) is 18.0. The first-order valence-electron chi connectivity index (χ1n) is 8.41. The number of ether oxygens (including phenoxy) is 1. The Hall–Kier alpha value is -2.14. The predicted octanol–water partition coefficient (Wildman–Crippen LogP) is 5.09. The van der Waals surface area contributed by atoms with Crippen LogP contribution in [0.2, 0.25) is 0 Å². The van der Waals surface area contributed by atoms with Gasteiger partial charge in [0.05, 0.1) is 10.2 Å². The highest BCUT2D eigenvalue weighted by atomic mass is 79.9. The van der Waals surface area contributed by atoms with Gasteiger partial charge in [0.1, 0.15) is 5.75 Å². The van der Waals surface area contributed by atoms with Gasteiger partial charge in [-0.2, -0.15) is 5.10 Å². The number of hydrogen-bond acceptors (Lipinski definition) is 3. The quantitative estimate of drug-likeness (QED) is 0.599. The van der Waals surface area contributed by atoms with Crippen molar-refractivity contribution >= 4 is 32.6 Å². The van der Waals surface area contributed by atoms with Crippen molar-refractivity contribution in [1.82, 2.24) is 9.78 Å². The van der Waals surface area contributed by atoms with Crippen LogP contribution in [-0.4, -0.2) is 22.3 Å². The summed E-state index contributed by atoms with van der Waals surface area (Å²) in [5.41, 5.74) is 2.98. The van der Waals surface area contributed by atoms with Gasteiger partial charge >= 0.3 is 0 Å². The second kappa shape index (κ2) is 7.40. The fourth-order valence-electron chi connectivity index (χ4n) is 3.06. The lowest BCUT2D eigenvalue weighted by Gasteiger charge is -2.10. The van der Waals surface area contributed by atoms with Gasteiger partial charge in [-0.25, -0.2) is 4.68 Å². The van der Waals surface area contributed by atoms with Gasteiger partial charge in [-0.3, -0.25) is 4.79 Å². The third-order valence-electron chi connectivity index (χ3n) is 4.36. The summed E-state index contributed by atoms with van der Waals surface area (Å²) >= 11 is 3.58. The normalized spacial score (nSPS) is 11.0. The Balaban J connectivity index is 1.79. The summed E-state index contributed by atoms with van der Waals surface area (Å²) in [6, 6.07) is 11.9. The van der Waals surface area contributed by atoms with Gasteiger partial charge in [-0.05, 0) is 58.6 Å². The molecule has 25 heavy (non-hydrogen) atoms. The number of rotatable bonds is 5. The molecule has 0 aliphatic carbocycles. The summed E-state index contributed by atoms with van der Waals surface area (Å²) < 4.78 is 8.10. The molecule has 0 atom stereocenters. The van der Waals surface area contributed by atoms with E-state index in [9.17, 15) is 4.79 Å². The average molecular weight is 401 g/mol. The van der Waals surface area contributed by atoms with Crippen molar-refractivity contribution in [3.63, 3.8) is 0 Å². The maximum atomic E-state index is 12.5. The van der Waals surface area contributed by atoms with Crippen LogP contribution in [-0.2, 0) is 6.42 Å². The number of nitrogens with zero attached hydrogens (tertiary/aromatic N) is 2. The molecule has 0 saturated carbocycles. The van der Waals surface area contributed by atoms with Crippen LogP contribution in [0.1, 0.15) is 35.1 Å². The van der Waals surface area contributed by atoms with E-state index in [0.29, 0.717) is 5.75 Å². The smallest absolute Gasteiger partial charge is 0.284 e. The molecule has 0 aliphatic heterocycles. The molecular formula is C20H21BrN2O2. The summed E-state index contributed by atoms with van der Waals surface area (Å²) in [4.78, 5) is 12.5. The summed E-state index contributed by atoms with van der Waals surface area (Å²) in [5.74, 6) is 0.491. The van der Waals surface area contributed by atoms with E-state index in [1.54, 1.807) is 0 Å². The topological polar surface area (TPSA) is 44.1 Å². The highest BCUT2D eigenvalue weighted by molar-refractivity contribution is 9.10. The van der Waals surface area contributed by atoms with Gasteiger partial charge in [0.15, 0.2) is 6.61 Å². The lowest BCUT2D eigenvalue weighted by Crippen LogP contribution is -2.22. The maximum absolute atomic E-state index is 12.5. The molecular weight excluding hydrogens is 380 g/mol. The SMILES string of the molecule is CCCc1c(C)nn(C(=O)COc2ccc3ccccc3c2Br)c1C. The van der Waals surface area contributed by atoms with Gasteiger partial charge < -0.3 is 4.74 Å². The molecule has 0 saturated heterocycles. The van der Waals surface area contributed by atoms with E-state index in [1.807, 2.05) is 50.2 Å². The molecule has 0 fully saturated rings. The molecule has 130 valence electrons. The molecule has 0 spiro atoms. The molecule has 1 heterocycles. The summed E-state index contributed by atoms with van der Waals surface area (Å²) in [5, 5.41) is 6.57. The van der Waals surface area contributed by atoms with E-state index < -0.39 is 0 Å². The number of benzene rings is 2. The van der Waals surface area contributed by atoms with Gasteiger partial charge in [-0.15, -0.1) is 0 Å². The Morgan fingerprint density at radius 3 is 2.72 bits per heavy atom. The largest absolute Gasteiger partial charge is 0.482 e. The van der Waals surface area contributed by atoms with Crippen LogP contribution in [0.5, 0.6) is 5.75 Å². The second-order valence-electron chi connectivity index (χ2n) is 6.09. The molecule has 0 amide bonds. The zero-order valence-electron chi connectivity index (χ0n) is 14.7. The fourth-order valence-corrected chi connectivity index (χ4v) is 3.66. The molecule has 0 unspecified atom stereocenters. The first-order valence-corrected chi connectivity index (χ1v) is 9.20. The van der Waals surface area contributed by atoms with Gasteiger partial charge in [0.2, 0.25) is 0 Å². The van der Waals surface area contributed by atoms with Gasteiger partial charge in [-0.1, -0.05) is 43.7 Å². The minimum Gasteiger partial charge on any atom is -0.482 e. The van der Waals surface area contributed by atoms with E-state index in [-0.39, 0.29) is 12.5 Å². The first-order chi connectivity index (χ1) is 12.0. The van der Waals surface area contributed by atoms with Crippen molar-refractivity contribution in [2.24, 2.45) is 0 Å². The molecule has 4 nitrogen and oxygen atoms in total. The minimum absolute atomic E-state index is 0.0511. The standard InChI is InChI=1S/C20H21BrN2O2/c1-4-7-16-13(2)22-23(14(16)3)19(24)12-25-18-11-10-15-8-5-6-9-17(15)20(18)21/h5-6,8-11H,4,7,12H2,1-3H3. The highest BCUT2D eigenvalue weighted by Gasteiger charge is 2.17. The molecule has 0 N–H and O–H groups in total. The average Bonchev–Trinajstić information content (AvgIpc) is 2.90. The number of hydrogen-bond donors (Lipinski definition) is 0. The predicted molar refractivity (Wildman–Crippen MR) is 103 cm³/mol. The van der Waals surface area contributed by atoms with Gasteiger partial charge in [0.25, 0.3) is 5.91 Å². The minimum atomic E-state index is -0.164. The molecule has 0 radical (unpaired) electrons. The fraction of sp³-hybridized carbons (Fsp3) is 0.300. The van der Waals surface area contributed by atoms with Crippen LogP contribution in [0, 0.1) is 13.8 Å². The first kappa shape index (κ1) is 17.7. The third kappa shape index (κ3) is 3.47. The van der Waals surface area contributed by atoms with Crippen LogP contribution in [0.4, 0.5) is 0 Å². The highest BCUT2D eigenvalue weighted by Crippen LogP contribution is 2.33. The molecule has 3 aromatic rings. The Bertz CT molecular complexity index is 931. The van der Waals surface area contributed by atoms with Crippen LogP contribution >= 0.6 is 15.9 Å². The van der Waals surface area contributed by atoms with E-state index in [4.69, 9.17) is 4.74 Å². The van der Waals surface area contributed by atoms with E-state index >= 15 is 0 Å². The van der Waals surface area contributed by atoms with Gasteiger partial charge in [0, 0.05) is 5.69 Å². The van der Waals surface area contributed by atoms with Crippen molar-refractivity contribution in [2.75, 3.05) is 6.61 Å². The van der Waals surface area contributed by atoms with Crippen LogP contribution < -0.4 is 4.74 Å². The van der Waals surface area contributed by atoms with Crippen molar-refractivity contribution < 1.29 is 9.53 Å². The Morgan fingerprint density at radius 2 is 1.96 bits per heavy atom. The molecule has 5 heteroatoms. The van der Waals surface area contributed by atoms with Crippen molar-refractivity contribution in [2.45, 2.75) is 33.6 Å².